The molecule has 0 fully saturated rings. The summed E-state index contributed by atoms with van der Waals surface area (Å²) in [4.78, 5) is 44.6. The minimum atomic E-state index is -1.22. The summed E-state index contributed by atoms with van der Waals surface area (Å²) >= 11 is 6.20. The number of carbonyl (C=O) groups excluding carboxylic acids is 2. The molecule has 1 heterocycles. The average molecular weight is 707 g/mol. The van der Waals surface area contributed by atoms with Crippen molar-refractivity contribution >= 4 is 63.6 Å². The van der Waals surface area contributed by atoms with Crippen molar-refractivity contribution in [2.24, 2.45) is 0 Å². The molecule has 0 spiro atoms. The highest BCUT2D eigenvalue weighted by Crippen LogP contribution is 2.30. The van der Waals surface area contributed by atoms with Gasteiger partial charge in [0, 0.05) is 10.4 Å². The van der Waals surface area contributed by atoms with Crippen LogP contribution in [0.3, 0.4) is 0 Å². The van der Waals surface area contributed by atoms with Gasteiger partial charge in [-0.1, -0.05) is 127 Å². The number of hydrogen-bond acceptors (Lipinski definition) is 5. The lowest BCUT2D eigenvalue weighted by Crippen LogP contribution is -2.31. The number of fused-ring (bicyclic) bond motifs is 1. The van der Waals surface area contributed by atoms with E-state index in [4.69, 9.17) is 21.3 Å². The first kappa shape index (κ1) is 35.5. The molecule has 2 N–H and O–H groups in total. The van der Waals surface area contributed by atoms with E-state index in [0.717, 1.165) is 33.3 Å². The van der Waals surface area contributed by atoms with Crippen LogP contribution in [0.15, 0.2) is 140 Å². The molecule has 0 aliphatic carbocycles. The summed E-state index contributed by atoms with van der Waals surface area (Å²) < 4.78 is 5.02. The SMILES string of the molecule is COC(=O)c1ccccc1CCC(NC(=O)C(=C(C(=O)O)c1ccccc1)c1ccccc1)c1cccc(/C=C/c2ccc3ccc(Cl)cc3n2)c1. The lowest BCUT2D eigenvalue weighted by atomic mass is 9.92. The van der Waals surface area contributed by atoms with Crippen molar-refractivity contribution in [3.8, 4) is 0 Å². The number of esters is 1. The molecule has 0 saturated carbocycles. The maximum absolute atomic E-state index is 14.5. The molecular formula is C44H35ClN2O5. The Morgan fingerprint density at radius 3 is 2.15 bits per heavy atom. The second kappa shape index (κ2) is 16.6. The van der Waals surface area contributed by atoms with Crippen molar-refractivity contribution < 1.29 is 24.2 Å². The number of aliphatic carboxylic acids is 1. The molecule has 0 bridgehead atoms. The second-order valence-corrected chi connectivity index (χ2v) is 12.5. The number of aryl methyl sites for hydroxylation is 1. The third kappa shape index (κ3) is 8.52. The summed E-state index contributed by atoms with van der Waals surface area (Å²) in [6.07, 6.45) is 4.68. The molecule has 258 valence electrons. The summed E-state index contributed by atoms with van der Waals surface area (Å²) in [5.41, 5.74) is 5.22. The Labute approximate surface area is 306 Å². The van der Waals surface area contributed by atoms with E-state index in [0.29, 0.717) is 34.6 Å². The number of carboxylic acid groups (broad SMARTS) is 1. The van der Waals surface area contributed by atoms with Gasteiger partial charge in [-0.2, -0.15) is 0 Å². The Morgan fingerprint density at radius 1 is 0.769 bits per heavy atom. The third-order valence-corrected chi connectivity index (χ3v) is 8.92. The molecule has 6 rings (SSSR count). The van der Waals surface area contributed by atoms with Crippen LogP contribution in [-0.2, 0) is 20.7 Å². The van der Waals surface area contributed by atoms with Gasteiger partial charge in [0.15, 0.2) is 0 Å². The van der Waals surface area contributed by atoms with Crippen molar-refractivity contribution in [1.29, 1.82) is 0 Å². The average Bonchev–Trinajstić information content (AvgIpc) is 3.17. The molecule has 1 amide bonds. The van der Waals surface area contributed by atoms with Crippen LogP contribution in [0.1, 0.15) is 56.3 Å². The molecule has 8 heteroatoms. The van der Waals surface area contributed by atoms with Crippen LogP contribution in [0.25, 0.3) is 34.2 Å². The van der Waals surface area contributed by atoms with E-state index in [1.54, 1.807) is 66.7 Å². The molecular weight excluding hydrogens is 672 g/mol. The molecule has 0 saturated heterocycles. The Balaban J connectivity index is 1.38. The lowest BCUT2D eigenvalue weighted by Gasteiger charge is -2.22. The first-order chi connectivity index (χ1) is 25.3. The van der Waals surface area contributed by atoms with Crippen LogP contribution in [0.4, 0.5) is 0 Å². The molecule has 6 aromatic rings. The van der Waals surface area contributed by atoms with E-state index in [1.807, 2.05) is 84.9 Å². The number of aromatic nitrogens is 1. The maximum atomic E-state index is 14.5. The number of nitrogens with one attached hydrogen (secondary N) is 1. The number of amides is 1. The smallest absolute Gasteiger partial charge is 0.338 e. The zero-order valence-electron chi connectivity index (χ0n) is 28.3. The molecule has 52 heavy (non-hydrogen) atoms. The van der Waals surface area contributed by atoms with Gasteiger partial charge in [-0.25, -0.2) is 14.6 Å². The highest BCUT2D eigenvalue weighted by molar-refractivity contribution is 6.38. The summed E-state index contributed by atoms with van der Waals surface area (Å²) in [7, 11) is 1.34. The Bertz CT molecular complexity index is 2300. The number of pyridine rings is 1. The predicted octanol–water partition coefficient (Wildman–Crippen LogP) is 9.33. The predicted molar refractivity (Wildman–Crippen MR) is 206 cm³/mol. The fourth-order valence-corrected chi connectivity index (χ4v) is 6.30. The first-order valence-electron chi connectivity index (χ1n) is 16.7. The van der Waals surface area contributed by atoms with Crippen LogP contribution >= 0.6 is 11.6 Å². The van der Waals surface area contributed by atoms with Gasteiger partial charge in [0.2, 0.25) is 0 Å². The zero-order valence-corrected chi connectivity index (χ0v) is 29.1. The Hall–Kier alpha value is -6.31. The maximum Gasteiger partial charge on any atom is 0.338 e. The van der Waals surface area contributed by atoms with Crippen LogP contribution < -0.4 is 5.32 Å². The van der Waals surface area contributed by atoms with Crippen LogP contribution in [0, 0.1) is 0 Å². The monoisotopic (exact) mass is 706 g/mol. The third-order valence-electron chi connectivity index (χ3n) is 8.68. The fourth-order valence-electron chi connectivity index (χ4n) is 6.13. The quantitative estimate of drug-likeness (QED) is 0.0747. The van der Waals surface area contributed by atoms with Gasteiger partial charge in [0.05, 0.1) is 41.1 Å². The zero-order chi connectivity index (χ0) is 36.5. The minimum absolute atomic E-state index is 0.0396. The van der Waals surface area contributed by atoms with E-state index >= 15 is 0 Å². The Kier molecular flexibility index (Phi) is 11.3. The molecule has 7 nitrogen and oxygen atoms in total. The number of nitrogens with zero attached hydrogens (tertiary/aromatic N) is 1. The van der Waals surface area contributed by atoms with E-state index in [2.05, 4.69) is 5.32 Å². The number of methoxy groups -OCH3 is 1. The highest BCUT2D eigenvalue weighted by atomic mass is 35.5. The van der Waals surface area contributed by atoms with Gasteiger partial charge in [-0.15, -0.1) is 0 Å². The summed E-state index contributed by atoms with van der Waals surface area (Å²) in [6, 6.07) is 41.3. The topological polar surface area (TPSA) is 106 Å². The number of rotatable bonds is 12. The second-order valence-electron chi connectivity index (χ2n) is 12.1. The van der Waals surface area contributed by atoms with Gasteiger partial charge in [0.1, 0.15) is 0 Å². The van der Waals surface area contributed by atoms with Crippen LogP contribution in [0.5, 0.6) is 0 Å². The van der Waals surface area contributed by atoms with Crippen LogP contribution in [-0.4, -0.2) is 35.0 Å². The Morgan fingerprint density at radius 2 is 1.44 bits per heavy atom. The van der Waals surface area contributed by atoms with Crippen LogP contribution in [0.2, 0.25) is 5.02 Å². The number of halogens is 1. The molecule has 1 atom stereocenters. The molecule has 0 radical (unpaired) electrons. The van der Waals surface area contributed by atoms with E-state index in [1.165, 1.54) is 7.11 Å². The van der Waals surface area contributed by atoms with Gasteiger partial charge in [0.25, 0.3) is 5.91 Å². The number of ether oxygens (including phenoxy) is 1. The number of hydrogen-bond donors (Lipinski definition) is 2. The number of carbonyl (C=O) groups is 3. The van der Waals surface area contributed by atoms with Crippen molar-refractivity contribution in [3.05, 3.63) is 184 Å². The summed E-state index contributed by atoms with van der Waals surface area (Å²) in [5, 5.41) is 15.2. The summed E-state index contributed by atoms with van der Waals surface area (Å²) in [6.45, 7) is 0. The van der Waals surface area contributed by atoms with E-state index in [9.17, 15) is 19.5 Å². The van der Waals surface area contributed by atoms with E-state index < -0.39 is 23.9 Å². The molecule has 1 unspecified atom stereocenters. The fraction of sp³-hybridized carbons (Fsp3) is 0.0909. The summed E-state index contributed by atoms with van der Waals surface area (Å²) in [5.74, 6) is -2.21. The first-order valence-corrected chi connectivity index (χ1v) is 17.1. The largest absolute Gasteiger partial charge is 0.478 e. The van der Waals surface area contributed by atoms with E-state index in [-0.39, 0.29) is 11.1 Å². The van der Waals surface area contributed by atoms with Crippen molar-refractivity contribution in [2.45, 2.75) is 18.9 Å². The van der Waals surface area contributed by atoms with Gasteiger partial charge >= 0.3 is 11.9 Å². The van der Waals surface area contributed by atoms with Crippen molar-refractivity contribution in [3.63, 3.8) is 0 Å². The number of carboxylic acids is 1. The molecule has 0 aliphatic heterocycles. The standard InChI is InChI=1S/C44H35ClN2O5/c1-52-44(51)37-18-9-8-12-30(37)22-26-38(34-17-10-11-29(27-34)19-24-36-25-21-31-20-23-35(45)28-39(31)46-36)47-42(48)40(32-13-4-2-5-14-32)41(43(49)50)33-15-6-3-7-16-33/h2-21,23-25,27-28,38H,22,26H2,1H3,(H,47,48)(H,49,50)/b24-19+,41-40?. The number of benzene rings is 5. The van der Waals surface area contributed by atoms with Gasteiger partial charge in [-0.05, 0) is 77.1 Å². The molecule has 1 aromatic heterocycles. The normalized spacial score (nSPS) is 12.3. The minimum Gasteiger partial charge on any atom is -0.478 e. The lowest BCUT2D eigenvalue weighted by molar-refractivity contribution is -0.130. The van der Waals surface area contributed by atoms with Gasteiger partial charge in [-0.3, -0.25) is 4.79 Å². The highest BCUT2D eigenvalue weighted by Gasteiger charge is 2.26. The van der Waals surface area contributed by atoms with Crippen molar-refractivity contribution in [1.82, 2.24) is 10.3 Å². The molecule has 0 aliphatic rings. The van der Waals surface area contributed by atoms with Gasteiger partial charge < -0.3 is 15.2 Å². The van der Waals surface area contributed by atoms with Crippen molar-refractivity contribution in [2.75, 3.05) is 7.11 Å². The molecule has 5 aromatic carbocycles.